The van der Waals surface area contributed by atoms with Crippen molar-refractivity contribution >= 4 is 11.0 Å². The Labute approximate surface area is 120 Å². The van der Waals surface area contributed by atoms with Gasteiger partial charge in [-0.1, -0.05) is 13.0 Å². The molecule has 0 fully saturated rings. The van der Waals surface area contributed by atoms with Crippen molar-refractivity contribution in [2.45, 2.75) is 47.0 Å². The molecule has 0 aliphatic heterocycles. The number of aromatic nitrogens is 2. The first-order valence-electron chi connectivity index (χ1n) is 7.41. The average Bonchev–Trinajstić information content (AvgIpc) is 2.77. The molecule has 0 unspecified atom stereocenters. The van der Waals surface area contributed by atoms with Crippen LogP contribution < -0.4 is 0 Å². The minimum absolute atomic E-state index is 0.385. The second-order valence-corrected chi connectivity index (χ2v) is 4.86. The summed E-state index contributed by atoms with van der Waals surface area (Å²) in [6.07, 6.45) is 0.668. The molecule has 0 atom stereocenters. The van der Waals surface area contributed by atoms with Gasteiger partial charge in [-0.25, -0.2) is 4.98 Å². The molecule has 1 aromatic heterocycles. The molecule has 0 amide bonds. The molecule has 4 nitrogen and oxygen atoms in total. The monoisotopic (exact) mass is 276 g/mol. The van der Waals surface area contributed by atoms with Crippen LogP contribution in [-0.2, 0) is 16.0 Å². The molecule has 0 radical (unpaired) electrons. The van der Waals surface area contributed by atoms with Crippen LogP contribution in [0.4, 0.5) is 0 Å². The smallest absolute Gasteiger partial charge is 0.217 e. The normalized spacial score (nSPS) is 11.7. The van der Waals surface area contributed by atoms with E-state index in [1.54, 1.807) is 0 Å². The van der Waals surface area contributed by atoms with Gasteiger partial charge in [-0.15, -0.1) is 0 Å². The van der Waals surface area contributed by atoms with Crippen molar-refractivity contribution in [2.24, 2.45) is 0 Å². The van der Waals surface area contributed by atoms with Crippen molar-refractivity contribution in [1.82, 2.24) is 9.55 Å². The van der Waals surface area contributed by atoms with Crippen LogP contribution >= 0.6 is 0 Å². The van der Waals surface area contributed by atoms with E-state index in [0.717, 1.165) is 29.8 Å². The Kier molecular flexibility index (Phi) is 5.15. The lowest BCUT2D eigenvalue weighted by molar-refractivity contribution is -0.146. The number of aryl methyl sites for hydroxylation is 2. The van der Waals surface area contributed by atoms with E-state index in [1.807, 2.05) is 13.8 Å². The van der Waals surface area contributed by atoms with E-state index in [2.05, 4.69) is 36.6 Å². The topological polar surface area (TPSA) is 36.3 Å². The fraction of sp³-hybridized carbons (Fsp3) is 0.562. The van der Waals surface area contributed by atoms with Gasteiger partial charge in [0.25, 0.3) is 0 Å². The average molecular weight is 276 g/mol. The maximum Gasteiger partial charge on any atom is 0.217 e. The number of benzene rings is 1. The zero-order valence-electron chi connectivity index (χ0n) is 12.8. The maximum absolute atomic E-state index is 5.71. The Bertz CT molecular complexity index is 557. The third kappa shape index (κ3) is 3.02. The number of ether oxygens (including phenoxy) is 2. The highest BCUT2D eigenvalue weighted by Gasteiger charge is 2.20. The lowest BCUT2D eigenvalue weighted by Crippen LogP contribution is -2.15. The molecule has 4 heteroatoms. The molecule has 0 spiro atoms. The molecule has 0 saturated heterocycles. The number of hydrogen-bond acceptors (Lipinski definition) is 3. The van der Waals surface area contributed by atoms with Gasteiger partial charge < -0.3 is 14.0 Å². The molecule has 2 rings (SSSR count). The molecule has 0 aliphatic carbocycles. The minimum atomic E-state index is -0.385. The Morgan fingerprint density at radius 3 is 2.45 bits per heavy atom. The summed E-state index contributed by atoms with van der Waals surface area (Å²) in [5, 5.41) is 0. The van der Waals surface area contributed by atoms with E-state index in [-0.39, 0.29) is 6.29 Å². The number of rotatable bonds is 7. The largest absolute Gasteiger partial charge is 0.346 e. The minimum Gasteiger partial charge on any atom is -0.346 e. The van der Waals surface area contributed by atoms with Crippen LogP contribution in [0.3, 0.4) is 0 Å². The maximum atomic E-state index is 5.71. The van der Waals surface area contributed by atoms with E-state index < -0.39 is 0 Å². The molecule has 1 heterocycles. The van der Waals surface area contributed by atoms with E-state index in [1.165, 1.54) is 5.56 Å². The summed E-state index contributed by atoms with van der Waals surface area (Å²) in [5.41, 5.74) is 3.38. The molecule has 0 N–H and O–H groups in total. The molecule has 20 heavy (non-hydrogen) atoms. The van der Waals surface area contributed by atoms with Crippen LogP contribution in [0.25, 0.3) is 11.0 Å². The fourth-order valence-electron chi connectivity index (χ4n) is 2.40. The van der Waals surface area contributed by atoms with Crippen molar-refractivity contribution in [2.75, 3.05) is 13.2 Å². The molecular weight excluding hydrogens is 252 g/mol. The molecule has 110 valence electrons. The summed E-state index contributed by atoms with van der Waals surface area (Å²) in [6.45, 7) is 10.3. The van der Waals surface area contributed by atoms with Crippen LogP contribution in [0.2, 0.25) is 0 Å². The number of nitrogens with zero attached hydrogens (tertiary/aromatic N) is 2. The first-order chi connectivity index (χ1) is 9.71. The second-order valence-electron chi connectivity index (χ2n) is 4.86. The van der Waals surface area contributed by atoms with Crippen LogP contribution in [0.1, 0.15) is 44.9 Å². The number of hydrogen-bond donors (Lipinski definition) is 0. The van der Waals surface area contributed by atoms with Gasteiger partial charge in [0.05, 0.1) is 11.0 Å². The quantitative estimate of drug-likeness (QED) is 0.721. The van der Waals surface area contributed by atoms with E-state index in [4.69, 9.17) is 14.5 Å². The Morgan fingerprint density at radius 2 is 1.85 bits per heavy atom. The number of imidazole rings is 1. The summed E-state index contributed by atoms with van der Waals surface area (Å²) < 4.78 is 13.6. The van der Waals surface area contributed by atoms with Gasteiger partial charge >= 0.3 is 0 Å². The van der Waals surface area contributed by atoms with Gasteiger partial charge in [0, 0.05) is 19.8 Å². The number of fused-ring (bicyclic) bond motifs is 1. The van der Waals surface area contributed by atoms with Crippen LogP contribution in [-0.4, -0.2) is 22.8 Å². The first kappa shape index (κ1) is 15.0. The molecule has 0 aliphatic rings. The highest BCUT2D eigenvalue weighted by molar-refractivity contribution is 5.77. The standard InChI is InChI=1S/C16H24N2O2/c1-5-10-18-14-9-8-12(4)11-13(14)17-15(18)16(19-6-2)20-7-3/h8-9,11,16H,5-7,10H2,1-4H3. The third-order valence-corrected chi connectivity index (χ3v) is 3.23. The van der Waals surface area contributed by atoms with E-state index in [9.17, 15) is 0 Å². The predicted octanol–water partition coefficient (Wildman–Crippen LogP) is 3.83. The molecule has 1 aromatic carbocycles. The lowest BCUT2D eigenvalue weighted by atomic mass is 10.2. The van der Waals surface area contributed by atoms with Gasteiger partial charge in [0.2, 0.25) is 6.29 Å². The first-order valence-corrected chi connectivity index (χ1v) is 7.41. The van der Waals surface area contributed by atoms with E-state index >= 15 is 0 Å². The molecular formula is C16H24N2O2. The zero-order valence-corrected chi connectivity index (χ0v) is 12.8. The fourth-order valence-corrected chi connectivity index (χ4v) is 2.40. The van der Waals surface area contributed by atoms with Crippen LogP contribution in [0, 0.1) is 6.92 Å². The Balaban J connectivity index is 2.51. The second kappa shape index (κ2) is 6.86. The predicted molar refractivity (Wildman–Crippen MR) is 80.8 cm³/mol. The zero-order chi connectivity index (χ0) is 14.5. The van der Waals surface area contributed by atoms with Gasteiger partial charge in [0.15, 0.2) is 5.82 Å². The molecule has 0 saturated carbocycles. The Hall–Kier alpha value is -1.39. The van der Waals surface area contributed by atoms with Gasteiger partial charge in [-0.05, 0) is 44.9 Å². The van der Waals surface area contributed by atoms with Crippen molar-refractivity contribution in [3.8, 4) is 0 Å². The Morgan fingerprint density at radius 1 is 1.15 bits per heavy atom. The SMILES string of the molecule is CCCn1c(C(OCC)OCC)nc2cc(C)ccc21. The van der Waals surface area contributed by atoms with Gasteiger partial charge in [-0.3, -0.25) is 0 Å². The van der Waals surface area contributed by atoms with E-state index in [0.29, 0.717) is 13.2 Å². The lowest BCUT2D eigenvalue weighted by Gasteiger charge is -2.18. The van der Waals surface area contributed by atoms with Crippen LogP contribution in [0.15, 0.2) is 18.2 Å². The van der Waals surface area contributed by atoms with Gasteiger partial charge in [0.1, 0.15) is 0 Å². The summed E-state index contributed by atoms with van der Waals surface area (Å²) in [6, 6.07) is 6.36. The van der Waals surface area contributed by atoms with Crippen LogP contribution in [0.5, 0.6) is 0 Å². The summed E-state index contributed by atoms with van der Waals surface area (Å²) >= 11 is 0. The summed E-state index contributed by atoms with van der Waals surface area (Å²) in [4.78, 5) is 4.74. The molecule has 2 aromatic rings. The van der Waals surface area contributed by atoms with Crippen molar-refractivity contribution < 1.29 is 9.47 Å². The third-order valence-electron chi connectivity index (χ3n) is 3.23. The highest BCUT2D eigenvalue weighted by Crippen LogP contribution is 2.25. The summed E-state index contributed by atoms with van der Waals surface area (Å²) in [5.74, 6) is 0.871. The van der Waals surface area contributed by atoms with Gasteiger partial charge in [-0.2, -0.15) is 0 Å². The molecule has 0 bridgehead atoms. The highest BCUT2D eigenvalue weighted by atomic mass is 16.7. The summed E-state index contributed by atoms with van der Waals surface area (Å²) in [7, 11) is 0. The van der Waals surface area contributed by atoms with Crippen molar-refractivity contribution in [3.63, 3.8) is 0 Å². The van der Waals surface area contributed by atoms with Crippen molar-refractivity contribution in [1.29, 1.82) is 0 Å². The van der Waals surface area contributed by atoms with Crippen molar-refractivity contribution in [3.05, 3.63) is 29.6 Å².